The molecule has 1 aromatic heterocycles. The molecule has 1 amide bonds. The Kier molecular flexibility index (Phi) is 6.06. The maximum absolute atomic E-state index is 12.6. The number of benzene rings is 2. The van der Waals surface area contributed by atoms with Crippen LogP contribution in [0.15, 0.2) is 54.9 Å². The summed E-state index contributed by atoms with van der Waals surface area (Å²) in [6.45, 7) is 2.08. The smallest absolute Gasteiger partial charge is 0.274 e. The van der Waals surface area contributed by atoms with Gasteiger partial charge in [0.2, 0.25) is 0 Å². The molecule has 0 radical (unpaired) electrons. The predicted molar refractivity (Wildman–Crippen MR) is 109 cm³/mol. The third-order valence-corrected chi connectivity index (χ3v) is 4.22. The molecule has 0 fully saturated rings. The second kappa shape index (κ2) is 8.85. The van der Waals surface area contributed by atoms with Crippen LogP contribution in [0.1, 0.15) is 23.0 Å². The molecule has 0 saturated heterocycles. The summed E-state index contributed by atoms with van der Waals surface area (Å²) < 4.78 is 10.5. The minimum atomic E-state index is -0.363. The standard InChI is InChI=1S/C21H22N4O3/c1-4-14-7-5-6-8-16(14)24-20-12-18(22-13-23-20)21(26)25-17-10-9-15(27-2)11-19(17)28-3/h5-13H,4H2,1-3H3,(H,25,26)(H,22,23,24). The molecule has 3 rings (SSSR count). The number of carbonyl (C=O) groups excluding carboxylic acids is 1. The minimum Gasteiger partial charge on any atom is -0.497 e. The summed E-state index contributed by atoms with van der Waals surface area (Å²) in [5.41, 5.74) is 2.88. The van der Waals surface area contributed by atoms with Gasteiger partial charge in [-0.25, -0.2) is 9.97 Å². The lowest BCUT2D eigenvalue weighted by Crippen LogP contribution is -2.15. The zero-order chi connectivity index (χ0) is 19.9. The van der Waals surface area contributed by atoms with Crippen LogP contribution in [-0.4, -0.2) is 30.1 Å². The average Bonchev–Trinajstić information content (AvgIpc) is 2.74. The Morgan fingerprint density at radius 2 is 1.82 bits per heavy atom. The second-order valence-electron chi connectivity index (χ2n) is 5.94. The molecule has 0 unspecified atom stereocenters. The SMILES string of the molecule is CCc1ccccc1Nc1cc(C(=O)Nc2ccc(OC)cc2OC)ncn1. The Morgan fingerprint density at radius 1 is 1.00 bits per heavy atom. The zero-order valence-corrected chi connectivity index (χ0v) is 16.0. The first kappa shape index (κ1) is 19.2. The van der Waals surface area contributed by atoms with Gasteiger partial charge in [0.15, 0.2) is 0 Å². The van der Waals surface area contributed by atoms with Gasteiger partial charge in [0.05, 0.1) is 19.9 Å². The van der Waals surface area contributed by atoms with Gasteiger partial charge in [0.25, 0.3) is 5.91 Å². The number of nitrogens with zero attached hydrogens (tertiary/aromatic N) is 2. The lowest BCUT2D eigenvalue weighted by atomic mass is 10.1. The van der Waals surface area contributed by atoms with Crippen LogP contribution in [0.25, 0.3) is 0 Å². The second-order valence-corrected chi connectivity index (χ2v) is 5.94. The number of aryl methyl sites for hydroxylation is 1. The molecule has 28 heavy (non-hydrogen) atoms. The fourth-order valence-electron chi connectivity index (χ4n) is 2.73. The number of aromatic nitrogens is 2. The summed E-state index contributed by atoms with van der Waals surface area (Å²) in [4.78, 5) is 20.9. The Labute approximate surface area is 163 Å². The van der Waals surface area contributed by atoms with Crippen LogP contribution >= 0.6 is 0 Å². The van der Waals surface area contributed by atoms with Crippen LogP contribution in [0, 0.1) is 0 Å². The molecule has 7 heteroatoms. The van der Waals surface area contributed by atoms with Crippen molar-refractivity contribution in [2.45, 2.75) is 13.3 Å². The summed E-state index contributed by atoms with van der Waals surface area (Å²) in [5, 5.41) is 6.05. The van der Waals surface area contributed by atoms with Crippen molar-refractivity contribution in [1.29, 1.82) is 0 Å². The fraction of sp³-hybridized carbons (Fsp3) is 0.190. The molecule has 0 saturated carbocycles. The maximum atomic E-state index is 12.6. The summed E-state index contributed by atoms with van der Waals surface area (Å²) >= 11 is 0. The predicted octanol–water partition coefficient (Wildman–Crippen LogP) is 4.05. The van der Waals surface area contributed by atoms with Crippen LogP contribution in [0.2, 0.25) is 0 Å². The van der Waals surface area contributed by atoms with Crippen molar-refractivity contribution in [1.82, 2.24) is 9.97 Å². The Morgan fingerprint density at radius 3 is 2.57 bits per heavy atom. The van der Waals surface area contributed by atoms with E-state index in [9.17, 15) is 4.79 Å². The van der Waals surface area contributed by atoms with Gasteiger partial charge in [0.1, 0.15) is 29.3 Å². The summed E-state index contributed by atoms with van der Waals surface area (Å²) in [6, 6.07) is 14.7. The Balaban J connectivity index is 1.79. The first-order chi connectivity index (χ1) is 13.6. The van der Waals surface area contributed by atoms with Gasteiger partial charge in [0, 0.05) is 17.8 Å². The fourth-order valence-corrected chi connectivity index (χ4v) is 2.73. The van der Waals surface area contributed by atoms with Crippen molar-refractivity contribution in [3.8, 4) is 11.5 Å². The van der Waals surface area contributed by atoms with Crippen LogP contribution in [0.5, 0.6) is 11.5 Å². The Bertz CT molecular complexity index is 975. The van der Waals surface area contributed by atoms with Gasteiger partial charge >= 0.3 is 0 Å². The first-order valence-electron chi connectivity index (χ1n) is 8.85. The summed E-state index contributed by atoms with van der Waals surface area (Å²) in [7, 11) is 3.10. The highest BCUT2D eigenvalue weighted by atomic mass is 16.5. The van der Waals surface area contributed by atoms with E-state index in [1.54, 1.807) is 31.4 Å². The highest BCUT2D eigenvalue weighted by Crippen LogP contribution is 2.29. The number of anilines is 3. The lowest BCUT2D eigenvalue weighted by molar-refractivity contribution is 0.102. The van der Waals surface area contributed by atoms with E-state index in [1.165, 1.54) is 13.4 Å². The first-order valence-corrected chi connectivity index (χ1v) is 8.85. The largest absolute Gasteiger partial charge is 0.497 e. The van der Waals surface area contributed by atoms with E-state index in [2.05, 4.69) is 27.5 Å². The van der Waals surface area contributed by atoms with Crippen molar-refractivity contribution in [3.63, 3.8) is 0 Å². The summed E-state index contributed by atoms with van der Waals surface area (Å²) in [6.07, 6.45) is 2.25. The quantitative estimate of drug-likeness (QED) is 0.645. The number of carbonyl (C=O) groups is 1. The molecule has 2 aromatic carbocycles. The van der Waals surface area contributed by atoms with E-state index in [0.717, 1.165) is 17.7 Å². The number of methoxy groups -OCH3 is 2. The third-order valence-electron chi connectivity index (χ3n) is 4.22. The highest BCUT2D eigenvalue weighted by Gasteiger charge is 2.13. The molecule has 0 aliphatic carbocycles. The Hall–Kier alpha value is -3.61. The molecule has 3 aromatic rings. The molecule has 0 aliphatic rings. The minimum absolute atomic E-state index is 0.240. The van der Waals surface area contributed by atoms with Crippen molar-refractivity contribution < 1.29 is 14.3 Å². The number of hydrogen-bond donors (Lipinski definition) is 2. The number of nitrogens with one attached hydrogen (secondary N) is 2. The number of amides is 1. The lowest BCUT2D eigenvalue weighted by Gasteiger charge is -2.12. The van der Waals surface area contributed by atoms with Gasteiger partial charge in [-0.2, -0.15) is 0 Å². The van der Waals surface area contributed by atoms with Crippen LogP contribution in [-0.2, 0) is 6.42 Å². The van der Waals surface area contributed by atoms with Crippen LogP contribution in [0.3, 0.4) is 0 Å². The number of ether oxygens (including phenoxy) is 2. The molecule has 0 spiro atoms. The van der Waals surface area contributed by atoms with Gasteiger partial charge in [-0.05, 0) is 30.2 Å². The molecular weight excluding hydrogens is 356 g/mol. The molecule has 1 heterocycles. The van der Waals surface area contributed by atoms with E-state index in [1.807, 2.05) is 24.3 Å². The molecule has 0 bridgehead atoms. The van der Waals surface area contributed by atoms with Crippen molar-refractivity contribution in [2.24, 2.45) is 0 Å². The van der Waals surface area contributed by atoms with Gasteiger partial charge in [-0.1, -0.05) is 25.1 Å². The topological polar surface area (TPSA) is 85.4 Å². The van der Waals surface area contributed by atoms with E-state index >= 15 is 0 Å². The molecular formula is C21H22N4O3. The van der Waals surface area contributed by atoms with Crippen molar-refractivity contribution in [2.75, 3.05) is 24.9 Å². The molecule has 0 atom stereocenters. The zero-order valence-electron chi connectivity index (χ0n) is 16.0. The molecule has 7 nitrogen and oxygen atoms in total. The molecule has 2 N–H and O–H groups in total. The van der Waals surface area contributed by atoms with E-state index in [0.29, 0.717) is 23.0 Å². The van der Waals surface area contributed by atoms with E-state index in [-0.39, 0.29) is 11.6 Å². The van der Waals surface area contributed by atoms with Gasteiger partial charge in [-0.3, -0.25) is 4.79 Å². The van der Waals surface area contributed by atoms with E-state index in [4.69, 9.17) is 9.47 Å². The van der Waals surface area contributed by atoms with Crippen molar-refractivity contribution >= 4 is 23.1 Å². The van der Waals surface area contributed by atoms with Crippen LogP contribution in [0.4, 0.5) is 17.2 Å². The van der Waals surface area contributed by atoms with Gasteiger partial charge in [-0.15, -0.1) is 0 Å². The molecule has 144 valence electrons. The van der Waals surface area contributed by atoms with Crippen molar-refractivity contribution in [3.05, 3.63) is 66.1 Å². The normalized spacial score (nSPS) is 10.2. The third kappa shape index (κ3) is 4.37. The number of hydrogen-bond acceptors (Lipinski definition) is 6. The van der Waals surface area contributed by atoms with E-state index < -0.39 is 0 Å². The summed E-state index contributed by atoms with van der Waals surface area (Å²) in [5.74, 6) is 1.32. The number of rotatable bonds is 7. The molecule has 0 aliphatic heterocycles. The maximum Gasteiger partial charge on any atom is 0.274 e. The number of para-hydroxylation sites is 1. The van der Waals surface area contributed by atoms with Crippen LogP contribution < -0.4 is 20.1 Å². The highest BCUT2D eigenvalue weighted by molar-refractivity contribution is 6.04. The monoisotopic (exact) mass is 378 g/mol. The average molecular weight is 378 g/mol. The van der Waals surface area contributed by atoms with Gasteiger partial charge < -0.3 is 20.1 Å².